The Balaban J connectivity index is 2.03. The van der Waals surface area contributed by atoms with Crippen molar-refractivity contribution in [3.8, 4) is 5.75 Å². The zero-order valence-electron chi connectivity index (χ0n) is 11.9. The molecule has 0 bridgehead atoms. The summed E-state index contributed by atoms with van der Waals surface area (Å²) in [4.78, 5) is 0. The maximum Gasteiger partial charge on any atom is 0.123 e. The van der Waals surface area contributed by atoms with Gasteiger partial charge in [-0.05, 0) is 24.8 Å². The van der Waals surface area contributed by atoms with E-state index < -0.39 is 0 Å². The van der Waals surface area contributed by atoms with Gasteiger partial charge in [-0.3, -0.25) is 0 Å². The average Bonchev–Trinajstić information content (AvgIpc) is 2.45. The summed E-state index contributed by atoms with van der Waals surface area (Å²) in [6, 6.07) is 8.17. The molecule has 1 aliphatic carbocycles. The lowest BCUT2D eigenvalue weighted by molar-refractivity contribution is 0.207. The van der Waals surface area contributed by atoms with Crippen LogP contribution in [0.2, 0.25) is 0 Å². The third-order valence-corrected chi connectivity index (χ3v) is 4.71. The molecule has 19 heavy (non-hydrogen) atoms. The van der Waals surface area contributed by atoms with E-state index in [0.717, 1.165) is 18.2 Å². The van der Waals surface area contributed by atoms with E-state index in [9.17, 15) is 0 Å². The van der Waals surface area contributed by atoms with Gasteiger partial charge >= 0.3 is 0 Å². The Morgan fingerprint density at radius 3 is 2.89 bits per heavy atom. The van der Waals surface area contributed by atoms with E-state index >= 15 is 0 Å². The molecule has 3 heteroatoms. The van der Waals surface area contributed by atoms with E-state index in [1.807, 2.05) is 12.1 Å². The lowest BCUT2D eigenvalue weighted by Gasteiger charge is -2.39. The van der Waals surface area contributed by atoms with Gasteiger partial charge in [0, 0.05) is 23.5 Å². The van der Waals surface area contributed by atoms with Crippen LogP contribution in [0.1, 0.15) is 38.2 Å². The Morgan fingerprint density at radius 2 is 2.21 bits per heavy atom. The van der Waals surface area contributed by atoms with Crippen LogP contribution in [0.4, 0.5) is 0 Å². The van der Waals surface area contributed by atoms with Gasteiger partial charge in [0.05, 0.1) is 7.11 Å². The van der Waals surface area contributed by atoms with Gasteiger partial charge in [-0.1, -0.05) is 38.0 Å². The minimum Gasteiger partial charge on any atom is -0.496 e. The van der Waals surface area contributed by atoms with Crippen molar-refractivity contribution in [2.24, 2.45) is 5.92 Å². The number of alkyl halides is 1. The van der Waals surface area contributed by atoms with Crippen molar-refractivity contribution in [3.05, 3.63) is 29.8 Å². The molecule has 1 N–H and O–H groups in total. The molecule has 1 saturated carbocycles. The van der Waals surface area contributed by atoms with Gasteiger partial charge in [0.25, 0.3) is 0 Å². The lowest BCUT2D eigenvalue weighted by Crippen LogP contribution is -2.49. The number of ether oxygens (including phenoxy) is 1. The second kappa shape index (κ2) is 6.62. The van der Waals surface area contributed by atoms with Gasteiger partial charge in [-0.15, -0.1) is 11.6 Å². The van der Waals surface area contributed by atoms with Crippen LogP contribution in [0.5, 0.6) is 5.75 Å². The first-order valence-corrected chi connectivity index (χ1v) is 7.65. The molecule has 0 aliphatic heterocycles. The second-order valence-corrected chi connectivity index (χ2v) is 6.05. The molecule has 2 atom stereocenters. The maximum absolute atomic E-state index is 6.25. The minimum atomic E-state index is 0.0973. The fourth-order valence-electron chi connectivity index (χ4n) is 3.12. The van der Waals surface area contributed by atoms with Crippen molar-refractivity contribution in [3.63, 3.8) is 0 Å². The molecular formula is C16H24ClNO. The molecule has 0 saturated heterocycles. The van der Waals surface area contributed by atoms with Gasteiger partial charge in [0.15, 0.2) is 0 Å². The van der Waals surface area contributed by atoms with E-state index in [1.165, 1.54) is 31.2 Å². The fraction of sp³-hybridized carbons (Fsp3) is 0.625. The smallest absolute Gasteiger partial charge is 0.123 e. The van der Waals surface area contributed by atoms with Crippen LogP contribution in [0.15, 0.2) is 24.3 Å². The SMILES string of the molecule is COc1ccccc1CNC1(CCl)CCCC(C)C1. The molecule has 0 spiro atoms. The van der Waals surface area contributed by atoms with Crippen molar-refractivity contribution >= 4 is 11.6 Å². The first-order chi connectivity index (χ1) is 9.19. The monoisotopic (exact) mass is 281 g/mol. The molecule has 0 aromatic heterocycles. The summed E-state index contributed by atoms with van der Waals surface area (Å²) >= 11 is 6.25. The highest BCUT2D eigenvalue weighted by Crippen LogP contribution is 2.33. The molecule has 1 fully saturated rings. The minimum absolute atomic E-state index is 0.0973. The van der Waals surface area contributed by atoms with Crippen LogP contribution in [-0.4, -0.2) is 18.5 Å². The molecule has 2 rings (SSSR count). The fourth-order valence-corrected chi connectivity index (χ4v) is 3.46. The molecule has 1 aromatic carbocycles. The highest BCUT2D eigenvalue weighted by molar-refractivity contribution is 6.18. The predicted molar refractivity (Wildman–Crippen MR) is 80.9 cm³/mol. The highest BCUT2D eigenvalue weighted by Gasteiger charge is 2.33. The van der Waals surface area contributed by atoms with Gasteiger partial charge < -0.3 is 10.1 Å². The van der Waals surface area contributed by atoms with Gasteiger partial charge in [0.1, 0.15) is 5.75 Å². The standard InChI is InChI=1S/C16H24ClNO/c1-13-6-5-9-16(10-13,12-17)18-11-14-7-3-4-8-15(14)19-2/h3-4,7-8,13,18H,5-6,9-12H2,1-2H3. The van der Waals surface area contributed by atoms with Gasteiger partial charge in [-0.25, -0.2) is 0 Å². The first kappa shape index (κ1) is 14.7. The van der Waals surface area contributed by atoms with Crippen molar-refractivity contribution in [2.75, 3.05) is 13.0 Å². The predicted octanol–water partition coefficient (Wildman–Crippen LogP) is 3.97. The number of benzene rings is 1. The van der Waals surface area contributed by atoms with Crippen LogP contribution in [0.25, 0.3) is 0 Å². The third kappa shape index (κ3) is 3.64. The summed E-state index contributed by atoms with van der Waals surface area (Å²) in [6.45, 7) is 3.15. The Bertz CT molecular complexity index is 409. The zero-order chi connectivity index (χ0) is 13.7. The van der Waals surface area contributed by atoms with Crippen molar-refractivity contribution in [1.82, 2.24) is 5.32 Å². The average molecular weight is 282 g/mol. The summed E-state index contributed by atoms with van der Waals surface area (Å²) in [5, 5.41) is 3.69. The third-order valence-electron chi connectivity index (χ3n) is 4.19. The Morgan fingerprint density at radius 1 is 1.42 bits per heavy atom. The molecule has 106 valence electrons. The molecular weight excluding hydrogens is 258 g/mol. The summed E-state index contributed by atoms with van der Waals surface area (Å²) < 4.78 is 5.40. The second-order valence-electron chi connectivity index (χ2n) is 5.78. The Labute approximate surface area is 121 Å². The number of methoxy groups -OCH3 is 1. The Hall–Kier alpha value is -0.730. The number of hydrogen-bond donors (Lipinski definition) is 1. The highest BCUT2D eigenvalue weighted by atomic mass is 35.5. The summed E-state index contributed by atoms with van der Waals surface area (Å²) in [7, 11) is 1.72. The van der Waals surface area contributed by atoms with Crippen molar-refractivity contribution < 1.29 is 4.74 Å². The first-order valence-electron chi connectivity index (χ1n) is 7.12. The summed E-state index contributed by atoms with van der Waals surface area (Å²) in [5.41, 5.74) is 1.30. The number of hydrogen-bond acceptors (Lipinski definition) is 2. The molecule has 0 heterocycles. The molecule has 1 aromatic rings. The molecule has 2 nitrogen and oxygen atoms in total. The zero-order valence-corrected chi connectivity index (χ0v) is 12.7. The molecule has 0 amide bonds. The van der Waals surface area contributed by atoms with Crippen molar-refractivity contribution in [1.29, 1.82) is 0 Å². The largest absolute Gasteiger partial charge is 0.496 e. The quantitative estimate of drug-likeness (QED) is 0.825. The van der Waals surface area contributed by atoms with Crippen LogP contribution in [0.3, 0.4) is 0 Å². The summed E-state index contributed by atoms with van der Waals surface area (Å²) in [6.07, 6.45) is 4.95. The van der Waals surface area contributed by atoms with Crippen LogP contribution in [-0.2, 0) is 6.54 Å². The van der Waals surface area contributed by atoms with E-state index in [1.54, 1.807) is 7.11 Å². The van der Waals surface area contributed by atoms with Crippen molar-refractivity contribution in [2.45, 2.75) is 44.7 Å². The number of halogens is 1. The van der Waals surface area contributed by atoms with Crippen LogP contribution >= 0.6 is 11.6 Å². The molecule has 2 unspecified atom stereocenters. The number of nitrogens with one attached hydrogen (secondary N) is 1. The van der Waals surface area contributed by atoms with E-state index in [2.05, 4.69) is 24.4 Å². The topological polar surface area (TPSA) is 21.3 Å². The normalized spacial score (nSPS) is 27.2. The van der Waals surface area contributed by atoms with Gasteiger partial charge in [-0.2, -0.15) is 0 Å². The molecule has 0 radical (unpaired) electrons. The van der Waals surface area contributed by atoms with Crippen LogP contribution < -0.4 is 10.1 Å². The Kier molecular flexibility index (Phi) is 5.12. The van der Waals surface area contributed by atoms with E-state index in [0.29, 0.717) is 5.88 Å². The van der Waals surface area contributed by atoms with Gasteiger partial charge in [0.2, 0.25) is 0 Å². The summed E-state index contributed by atoms with van der Waals surface area (Å²) in [5.74, 6) is 2.40. The maximum atomic E-state index is 6.25. The lowest BCUT2D eigenvalue weighted by atomic mass is 9.77. The van der Waals surface area contributed by atoms with E-state index in [4.69, 9.17) is 16.3 Å². The number of rotatable bonds is 5. The number of para-hydroxylation sites is 1. The molecule has 1 aliphatic rings. The van der Waals surface area contributed by atoms with Crippen LogP contribution in [0, 0.1) is 5.92 Å². The van der Waals surface area contributed by atoms with E-state index in [-0.39, 0.29) is 5.54 Å².